The molecule has 0 aliphatic carbocycles. The van der Waals surface area contributed by atoms with Gasteiger partial charge in [-0.05, 0) is 12.8 Å². The molecular weight excluding hydrogens is 222 g/mol. The number of hydrogen-bond donors (Lipinski definition) is 1. The molecule has 1 aliphatic heterocycles. The van der Waals surface area contributed by atoms with Crippen molar-refractivity contribution in [1.82, 2.24) is 15.2 Å². The third-order valence-electron chi connectivity index (χ3n) is 1.95. The van der Waals surface area contributed by atoms with Crippen LogP contribution in [0.15, 0.2) is 6.33 Å². The van der Waals surface area contributed by atoms with Crippen LogP contribution in [-0.2, 0) is 4.74 Å². The van der Waals surface area contributed by atoms with E-state index in [1.807, 2.05) is 0 Å². The Morgan fingerprint density at radius 2 is 2.58 bits per heavy atom. The molecule has 2 rings (SSSR count). The van der Waals surface area contributed by atoms with Gasteiger partial charge in [0.1, 0.15) is 12.4 Å². The molecule has 0 radical (unpaired) electrons. The highest BCUT2D eigenvalue weighted by atomic mass is 79.9. The fraction of sp³-hybridized carbons (Fsp3) is 0.714. The van der Waals surface area contributed by atoms with Crippen LogP contribution >= 0.6 is 15.9 Å². The van der Waals surface area contributed by atoms with Crippen LogP contribution in [0.25, 0.3) is 0 Å². The summed E-state index contributed by atoms with van der Waals surface area (Å²) in [5.41, 5.74) is 0. The minimum atomic E-state index is 0.0428. The summed E-state index contributed by atoms with van der Waals surface area (Å²) < 4.78 is 5.55. The maximum atomic E-state index is 5.55. The van der Waals surface area contributed by atoms with Crippen molar-refractivity contribution in [1.29, 1.82) is 0 Å². The smallest absolute Gasteiger partial charge is 0.154 e. The molecule has 0 saturated carbocycles. The summed E-state index contributed by atoms with van der Waals surface area (Å²) in [6, 6.07) is 0. The largest absolute Gasteiger partial charge is 0.369 e. The van der Waals surface area contributed by atoms with Gasteiger partial charge in [-0.3, -0.25) is 5.10 Å². The van der Waals surface area contributed by atoms with Crippen LogP contribution in [0.5, 0.6) is 0 Å². The van der Waals surface area contributed by atoms with E-state index in [2.05, 4.69) is 31.1 Å². The van der Waals surface area contributed by atoms with Crippen LogP contribution in [0.2, 0.25) is 0 Å². The molecule has 1 saturated heterocycles. The van der Waals surface area contributed by atoms with Crippen molar-refractivity contribution in [2.75, 3.05) is 6.61 Å². The van der Waals surface area contributed by atoms with Gasteiger partial charge in [-0.25, -0.2) is 4.98 Å². The van der Waals surface area contributed by atoms with Gasteiger partial charge in [-0.2, -0.15) is 5.10 Å². The SMILES string of the molecule is BrC1CCCOC1c1ncn[nH]1. The van der Waals surface area contributed by atoms with E-state index in [4.69, 9.17) is 4.74 Å². The average Bonchev–Trinajstić information content (AvgIpc) is 2.57. The van der Waals surface area contributed by atoms with Crippen molar-refractivity contribution in [2.24, 2.45) is 0 Å². The fourth-order valence-electron chi connectivity index (χ4n) is 1.35. The van der Waals surface area contributed by atoms with E-state index in [9.17, 15) is 0 Å². The molecule has 1 N–H and O–H groups in total. The third-order valence-corrected chi connectivity index (χ3v) is 2.89. The molecule has 5 heteroatoms. The lowest BCUT2D eigenvalue weighted by Crippen LogP contribution is -2.23. The van der Waals surface area contributed by atoms with Gasteiger partial charge in [0, 0.05) is 11.4 Å². The number of nitrogens with one attached hydrogen (secondary N) is 1. The number of aromatic amines is 1. The van der Waals surface area contributed by atoms with Gasteiger partial charge in [-0.15, -0.1) is 0 Å². The van der Waals surface area contributed by atoms with E-state index < -0.39 is 0 Å². The van der Waals surface area contributed by atoms with Crippen LogP contribution in [0.1, 0.15) is 24.8 Å². The lowest BCUT2D eigenvalue weighted by Gasteiger charge is -2.25. The van der Waals surface area contributed by atoms with Gasteiger partial charge in [0.2, 0.25) is 0 Å². The standard InChI is InChI=1S/C7H10BrN3O/c8-5-2-1-3-12-6(5)7-9-4-10-11-7/h4-6H,1-3H2,(H,9,10,11). The summed E-state index contributed by atoms with van der Waals surface area (Å²) in [5.74, 6) is 0.816. The number of rotatable bonds is 1. The highest BCUT2D eigenvalue weighted by Gasteiger charge is 2.27. The highest BCUT2D eigenvalue weighted by molar-refractivity contribution is 9.09. The van der Waals surface area contributed by atoms with Crippen molar-refractivity contribution >= 4 is 15.9 Å². The molecule has 2 unspecified atom stereocenters. The molecule has 1 aromatic heterocycles. The Bertz CT molecular complexity index is 239. The lowest BCUT2D eigenvalue weighted by atomic mass is 10.1. The Morgan fingerprint density at radius 1 is 1.67 bits per heavy atom. The third kappa shape index (κ3) is 1.51. The molecule has 0 spiro atoms. The number of alkyl halides is 1. The number of hydrogen-bond acceptors (Lipinski definition) is 3. The maximum Gasteiger partial charge on any atom is 0.154 e. The van der Waals surface area contributed by atoms with Gasteiger partial charge in [0.15, 0.2) is 5.82 Å². The van der Waals surface area contributed by atoms with Crippen molar-refractivity contribution in [2.45, 2.75) is 23.8 Å². The predicted molar refractivity (Wildman–Crippen MR) is 47.0 cm³/mol. The summed E-state index contributed by atoms with van der Waals surface area (Å²) in [7, 11) is 0. The monoisotopic (exact) mass is 231 g/mol. The van der Waals surface area contributed by atoms with E-state index in [-0.39, 0.29) is 6.10 Å². The maximum absolute atomic E-state index is 5.55. The number of halogens is 1. The Hall–Kier alpha value is -0.420. The quantitative estimate of drug-likeness (QED) is 0.745. The second kappa shape index (κ2) is 3.53. The van der Waals surface area contributed by atoms with E-state index in [0.717, 1.165) is 25.3 Å². The second-order valence-electron chi connectivity index (χ2n) is 2.82. The van der Waals surface area contributed by atoms with Crippen LogP contribution in [0.4, 0.5) is 0 Å². The van der Waals surface area contributed by atoms with E-state index in [1.54, 1.807) is 0 Å². The fourth-order valence-corrected chi connectivity index (χ4v) is 2.07. The summed E-state index contributed by atoms with van der Waals surface area (Å²) in [6.45, 7) is 0.813. The number of aromatic nitrogens is 3. The molecule has 4 nitrogen and oxygen atoms in total. The van der Waals surface area contributed by atoms with Crippen molar-refractivity contribution in [3.05, 3.63) is 12.2 Å². The first-order valence-electron chi connectivity index (χ1n) is 3.99. The van der Waals surface area contributed by atoms with Gasteiger partial charge in [-0.1, -0.05) is 15.9 Å². The average molecular weight is 232 g/mol. The zero-order valence-corrected chi connectivity index (χ0v) is 8.12. The highest BCUT2D eigenvalue weighted by Crippen LogP contribution is 2.30. The van der Waals surface area contributed by atoms with E-state index >= 15 is 0 Å². The van der Waals surface area contributed by atoms with Crippen molar-refractivity contribution in [3.8, 4) is 0 Å². The molecule has 2 atom stereocenters. The van der Waals surface area contributed by atoms with Crippen molar-refractivity contribution < 1.29 is 4.74 Å². The number of nitrogens with zero attached hydrogens (tertiary/aromatic N) is 2. The van der Waals surface area contributed by atoms with Gasteiger partial charge < -0.3 is 4.74 Å². The molecule has 0 bridgehead atoms. The summed E-state index contributed by atoms with van der Waals surface area (Å²) in [4.78, 5) is 4.43. The normalized spacial score (nSPS) is 30.4. The number of ether oxygens (including phenoxy) is 1. The minimum Gasteiger partial charge on any atom is -0.369 e. The van der Waals surface area contributed by atoms with Crippen LogP contribution in [0.3, 0.4) is 0 Å². The Labute approximate surface area is 78.8 Å². The predicted octanol–water partition coefficient (Wildman–Crippen LogP) is 1.42. The molecule has 2 heterocycles. The zero-order valence-electron chi connectivity index (χ0n) is 6.53. The molecule has 66 valence electrons. The molecule has 0 amide bonds. The second-order valence-corrected chi connectivity index (χ2v) is 4.00. The summed E-state index contributed by atoms with van der Waals surface area (Å²) in [5, 5.41) is 6.62. The van der Waals surface area contributed by atoms with Crippen LogP contribution in [-0.4, -0.2) is 26.6 Å². The zero-order chi connectivity index (χ0) is 8.39. The Morgan fingerprint density at radius 3 is 3.25 bits per heavy atom. The number of H-pyrrole nitrogens is 1. The Kier molecular flexibility index (Phi) is 2.41. The van der Waals surface area contributed by atoms with Crippen LogP contribution in [0, 0.1) is 0 Å². The molecule has 1 fully saturated rings. The summed E-state index contributed by atoms with van der Waals surface area (Å²) in [6.07, 6.45) is 3.79. The Balaban J connectivity index is 2.11. The van der Waals surface area contributed by atoms with Gasteiger partial charge in [0.25, 0.3) is 0 Å². The lowest BCUT2D eigenvalue weighted by molar-refractivity contribution is 0.0165. The summed E-state index contributed by atoms with van der Waals surface area (Å²) >= 11 is 3.56. The molecular formula is C7H10BrN3O. The molecule has 1 aliphatic rings. The molecule has 12 heavy (non-hydrogen) atoms. The first-order chi connectivity index (χ1) is 5.88. The molecule has 1 aromatic rings. The topological polar surface area (TPSA) is 50.8 Å². The van der Waals surface area contributed by atoms with Gasteiger partial charge in [0.05, 0.1) is 0 Å². The van der Waals surface area contributed by atoms with E-state index in [1.165, 1.54) is 6.33 Å². The first-order valence-corrected chi connectivity index (χ1v) is 4.90. The first kappa shape index (κ1) is 8.19. The minimum absolute atomic E-state index is 0.0428. The van der Waals surface area contributed by atoms with Crippen LogP contribution < -0.4 is 0 Å². The van der Waals surface area contributed by atoms with Gasteiger partial charge >= 0.3 is 0 Å². The van der Waals surface area contributed by atoms with Crippen molar-refractivity contribution in [3.63, 3.8) is 0 Å². The van der Waals surface area contributed by atoms with E-state index in [0.29, 0.717) is 4.83 Å². The molecule has 0 aromatic carbocycles.